The second-order valence-electron chi connectivity index (χ2n) is 5.20. The largest absolute Gasteiger partial charge is 0.340 e. The molecule has 6 heteroatoms. The Bertz CT molecular complexity index is 505. The minimum absolute atomic E-state index is 0.00588. The number of hydrogen-bond donors (Lipinski definition) is 1. The normalized spacial score (nSPS) is 18.2. The van der Waals surface area contributed by atoms with Crippen LogP contribution in [-0.4, -0.2) is 38.6 Å². The molecule has 1 aliphatic heterocycles. The molecular weight excluding hydrogens is 256 g/mol. The van der Waals surface area contributed by atoms with Gasteiger partial charge in [-0.25, -0.2) is 0 Å². The van der Waals surface area contributed by atoms with Crippen LogP contribution in [0, 0.1) is 0 Å². The zero-order valence-corrected chi connectivity index (χ0v) is 12.3. The molecule has 0 aliphatic carbocycles. The summed E-state index contributed by atoms with van der Waals surface area (Å²) in [5.74, 6) is -0.0810. The van der Waals surface area contributed by atoms with Crippen LogP contribution in [0.5, 0.6) is 0 Å². The summed E-state index contributed by atoms with van der Waals surface area (Å²) in [5.41, 5.74) is 0.215. The van der Waals surface area contributed by atoms with Crippen LogP contribution in [0.3, 0.4) is 0 Å². The maximum atomic E-state index is 12.6. The van der Waals surface area contributed by atoms with Crippen molar-refractivity contribution in [2.24, 2.45) is 0 Å². The van der Waals surface area contributed by atoms with Crippen molar-refractivity contribution in [1.82, 2.24) is 20.0 Å². The standard InChI is InChI=1S/C14H22N4O2/c1-4-14(5-2)13(20)17(10-12(19)16-14)8-11-7-15-18(6-3)9-11/h7,9H,4-6,8,10H2,1-3H3,(H,16,19). The third-order valence-electron chi connectivity index (χ3n) is 4.00. The van der Waals surface area contributed by atoms with Gasteiger partial charge in [0.1, 0.15) is 5.54 Å². The molecular formula is C14H22N4O2. The van der Waals surface area contributed by atoms with E-state index < -0.39 is 5.54 Å². The molecule has 0 atom stereocenters. The Labute approximate surface area is 119 Å². The van der Waals surface area contributed by atoms with Crippen molar-refractivity contribution in [3.63, 3.8) is 0 Å². The van der Waals surface area contributed by atoms with Crippen LogP contribution in [0.25, 0.3) is 0 Å². The lowest BCUT2D eigenvalue weighted by Crippen LogP contribution is -2.65. The Morgan fingerprint density at radius 1 is 1.30 bits per heavy atom. The van der Waals surface area contributed by atoms with Gasteiger partial charge in [-0.3, -0.25) is 14.3 Å². The van der Waals surface area contributed by atoms with E-state index in [4.69, 9.17) is 0 Å². The van der Waals surface area contributed by atoms with Crippen LogP contribution >= 0.6 is 0 Å². The number of nitrogens with zero attached hydrogens (tertiary/aromatic N) is 3. The van der Waals surface area contributed by atoms with Gasteiger partial charge in [0.25, 0.3) is 0 Å². The summed E-state index contributed by atoms with van der Waals surface area (Å²) in [7, 11) is 0. The van der Waals surface area contributed by atoms with E-state index in [9.17, 15) is 9.59 Å². The summed E-state index contributed by atoms with van der Waals surface area (Å²) in [5, 5.41) is 7.06. The topological polar surface area (TPSA) is 67.2 Å². The molecule has 2 amide bonds. The van der Waals surface area contributed by atoms with Gasteiger partial charge in [-0.05, 0) is 19.8 Å². The fraction of sp³-hybridized carbons (Fsp3) is 0.643. The minimum atomic E-state index is -0.740. The fourth-order valence-corrected chi connectivity index (χ4v) is 2.65. The third kappa shape index (κ3) is 2.55. The van der Waals surface area contributed by atoms with Crippen molar-refractivity contribution in [3.8, 4) is 0 Å². The van der Waals surface area contributed by atoms with Gasteiger partial charge in [0.15, 0.2) is 0 Å². The van der Waals surface area contributed by atoms with Crippen LogP contribution in [0.1, 0.15) is 39.2 Å². The van der Waals surface area contributed by atoms with Gasteiger partial charge in [-0.15, -0.1) is 0 Å². The average molecular weight is 278 g/mol. The first-order chi connectivity index (χ1) is 9.54. The van der Waals surface area contributed by atoms with E-state index in [1.807, 2.05) is 31.6 Å². The number of aromatic nitrogens is 2. The van der Waals surface area contributed by atoms with Crippen LogP contribution in [0.2, 0.25) is 0 Å². The number of carbonyl (C=O) groups excluding carboxylic acids is 2. The second kappa shape index (κ2) is 5.64. The van der Waals surface area contributed by atoms with Crippen molar-refractivity contribution in [1.29, 1.82) is 0 Å². The highest BCUT2D eigenvalue weighted by atomic mass is 16.2. The molecule has 0 radical (unpaired) electrons. The molecule has 1 aromatic rings. The molecule has 0 bridgehead atoms. The first-order valence-corrected chi connectivity index (χ1v) is 7.16. The van der Waals surface area contributed by atoms with Crippen molar-refractivity contribution in [2.45, 2.75) is 52.2 Å². The maximum Gasteiger partial charge on any atom is 0.249 e. The molecule has 0 saturated carbocycles. The molecule has 1 N–H and O–H groups in total. The average Bonchev–Trinajstić information content (AvgIpc) is 2.90. The lowest BCUT2D eigenvalue weighted by Gasteiger charge is -2.41. The van der Waals surface area contributed by atoms with E-state index in [1.165, 1.54) is 0 Å². The van der Waals surface area contributed by atoms with Crippen LogP contribution in [-0.2, 0) is 22.7 Å². The first kappa shape index (κ1) is 14.6. The molecule has 6 nitrogen and oxygen atoms in total. The summed E-state index contributed by atoms with van der Waals surface area (Å²) >= 11 is 0. The Morgan fingerprint density at radius 2 is 2.00 bits per heavy atom. The lowest BCUT2D eigenvalue weighted by atomic mass is 9.89. The SMILES string of the molecule is CCn1cc(CN2CC(=O)NC(CC)(CC)C2=O)cn1. The van der Waals surface area contributed by atoms with Crippen LogP contribution in [0.15, 0.2) is 12.4 Å². The van der Waals surface area contributed by atoms with Gasteiger partial charge in [0.2, 0.25) is 11.8 Å². The van der Waals surface area contributed by atoms with Gasteiger partial charge in [0.05, 0.1) is 12.7 Å². The highest BCUT2D eigenvalue weighted by Crippen LogP contribution is 2.23. The Morgan fingerprint density at radius 3 is 2.55 bits per heavy atom. The zero-order chi connectivity index (χ0) is 14.8. The van der Waals surface area contributed by atoms with Crippen LogP contribution in [0.4, 0.5) is 0 Å². The van der Waals surface area contributed by atoms with E-state index in [0.717, 1.165) is 12.1 Å². The number of hydrogen-bond acceptors (Lipinski definition) is 3. The Kier molecular flexibility index (Phi) is 4.11. The predicted molar refractivity (Wildman–Crippen MR) is 74.8 cm³/mol. The second-order valence-corrected chi connectivity index (χ2v) is 5.20. The van der Waals surface area contributed by atoms with Gasteiger partial charge < -0.3 is 10.2 Å². The number of carbonyl (C=O) groups is 2. The molecule has 110 valence electrons. The van der Waals surface area contributed by atoms with E-state index >= 15 is 0 Å². The molecule has 1 aromatic heterocycles. The quantitative estimate of drug-likeness (QED) is 0.871. The summed E-state index contributed by atoms with van der Waals surface area (Å²) in [4.78, 5) is 26.1. The smallest absolute Gasteiger partial charge is 0.249 e. The maximum absolute atomic E-state index is 12.6. The molecule has 2 heterocycles. The molecule has 0 unspecified atom stereocenters. The Hall–Kier alpha value is -1.85. The van der Waals surface area contributed by atoms with E-state index in [2.05, 4.69) is 10.4 Å². The van der Waals surface area contributed by atoms with Crippen molar-refractivity contribution >= 4 is 11.8 Å². The number of amides is 2. The number of nitrogens with one attached hydrogen (secondary N) is 1. The molecule has 0 spiro atoms. The van der Waals surface area contributed by atoms with Crippen LogP contribution < -0.4 is 5.32 Å². The molecule has 20 heavy (non-hydrogen) atoms. The first-order valence-electron chi connectivity index (χ1n) is 7.16. The lowest BCUT2D eigenvalue weighted by molar-refractivity contribution is -0.151. The van der Waals surface area contributed by atoms with Gasteiger partial charge in [-0.2, -0.15) is 5.10 Å². The molecule has 0 aromatic carbocycles. The highest BCUT2D eigenvalue weighted by Gasteiger charge is 2.43. The third-order valence-corrected chi connectivity index (χ3v) is 4.00. The molecule has 2 rings (SSSR count). The van der Waals surface area contributed by atoms with Crippen molar-refractivity contribution < 1.29 is 9.59 Å². The molecule has 1 fully saturated rings. The summed E-state index contributed by atoms with van der Waals surface area (Å²) in [6.07, 6.45) is 4.89. The molecule has 1 aliphatic rings. The van der Waals surface area contributed by atoms with E-state index in [-0.39, 0.29) is 18.4 Å². The highest BCUT2D eigenvalue weighted by molar-refractivity contribution is 5.97. The summed E-state index contributed by atoms with van der Waals surface area (Å²) in [6.45, 7) is 7.23. The monoisotopic (exact) mass is 278 g/mol. The fourth-order valence-electron chi connectivity index (χ4n) is 2.65. The van der Waals surface area contributed by atoms with Gasteiger partial charge in [-0.1, -0.05) is 13.8 Å². The van der Waals surface area contributed by atoms with Gasteiger partial charge >= 0.3 is 0 Å². The minimum Gasteiger partial charge on any atom is -0.340 e. The van der Waals surface area contributed by atoms with Crippen molar-refractivity contribution in [2.75, 3.05) is 6.54 Å². The van der Waals surface area contributed by atoms with E-state index in [1.54, 1.807) is 11.1 Å². The summed E-state index contributed by atoms with van der Waals surface area (Å²) < 4.78 is 1.82. The predicted octanol–water partition coefficient (Wildman–Crippen LogP) is 0.920. The molecule has 1 saturated heterocycles. The van der Waals surface area contributed by atoms with Gasteiger partial charge in [0, 0.05) is 24.8 Å². The number of rotatable bonds is 5. The van der Waals surface area contributed by atoms with Crippen molar-refractivity contribution in [3.05, 3.63) is 18.0 Å². The number of aryl methyl sites for hydroxylation is 1. The zero-order valence-electron chi connectivity index (χ0n) is 12.3. The summed E-state index contributed by atoms with van der Waals surface area (Å²) in [6, 6.07) is 0. The number of piperazine rings is 1. The Balaban J connectivity index is 2.18. The van der Waals surface area contributed by atoms with E-state index in [0.29, 0.717) is 19.4 Å².